The van der Waals surface area contributed by atoms with Gasteiger partial charge in [0.15, 0.2) is 11.9 Å². The predicted octanol–water partition coefficient (Wildman–Crippen LogP) is 3.91. The summed E-state index contributed by atoms with van der Waals surface area (Å²) in [4.78, 5) is 11.1. The molecule has 2 aliphatic carbocycles. The van der Waals surface area contributed by atoms with Gasteiger partial charge < -0.3 is 15.7 Å². The second-order valence-electron chi connectivity index (χ2n) is 7.31. The average molecular weight is 447 g/mol. The van der Waals surface area contributed by atoms with Crippen molar-refractivity contribution < 1.29 is 40.2 Å². The third-order valence-corrected chi connectivity index (χ3v) is 4.80. The van der Waals surface area contributed by atoms with E-state index in [1.54, 1.807) is 0 Å². The van der Waals surface area contributed by atoms with Crippen LogP contribution in [0.3, 0.4) is 0 Å². The van der Waals surface area contributed by atoms with Crippen molar-refractivity contribution in [2.24, 2.45) is 0 Å². The second kappa shape index (κ2) is 7.46. The Balaban J connectivity index is 1.94. The van der Waals surface area contributed by atoms with Crippen LogP contribution in [0.5, 0.6) is 0 Å². The molecule has 1 aromatic heterocycles. The standard InChI is InChI=1S/C16H17F8N5O/c1-6(16(22,23)24)25-12-27-11(8-2-3-15(20,21)10(30)9(8)17)28-13(29-12)26-7-4-14(18,19)5-7/h6-7,10,30H,2-5H2,1H3,(H2,25,26,27,28,29)/t6?,10-/m0/s1. The van der Waals surface area contributed by atoms with Crippen LogP contribution in [0.25, 0.3) is 5.57 Å². The first-order valence-electron chi connectivity index (χ1n) is 8.86. The second-order valence-corrected chi connectivity index (χ2v) is 7.31. The normalized spacial score (nSPS) is 24.9. The van der Waals surface area contributed by atoms with E-state index in [-0.39, 0.29) is 0 Å². The van der Waals surface area contributed by atoms with E-state index in [2.05, 4.69) is 20.3 Å². The fourth-order valence-electron chi connectivity index (χ4n) is 2.98. The van der Waals surface area contributed by atoms with Crippen LogP contribution in [-0.2, 0) is 0 Å². The molecule has 0 amide bonds. The third-order valence-electron chi connectivity index (χ3n) is 4.80. The molecular formula is C16H17F8N5O. The molecule has 1 heterocycles. The number of hydrogen-bond donors (Lipinski definition) is 3. The molecule has 0 bridgehead atoms. The summed E-state index contributed by atoms with van der Waals surface area (Å²) in [6.45, 7) is 0.758. The zero-order valence-corrected chi connectivity index (χ0v) is 15.4. The Hall–Kier alpha value is -2.25. The number of aliphatic hydroxyl groups excluding tert-OH is 1. The lowest BCUT2D eigenvalue weighted by Gasteiger charge is -2.35. The first kappa shape index (κ1) is 22.4. The molecule has 6 nitrogen and oxygen atoms in total. The van der Waals surface area contributed by atoms with Crippen LogP contribution in [0.4, 0.5) is 47.0 Å². The van der Waals surface area contributed by atoms with Gasteiger partial charge in [0.25, 0.3) is 11.8 Å². The summed E-state index contributed by atoms with van der Waals surface area (Å²) < 4.78 is 106. The monoisotopic (exact) mass is 447 g/mol. The van der Waals surface area contributed by atoms with Gasteiger partial charge in [-0.1, -0.05) is 0 Å². The van der Waals surface area contributed by atoms with E-state index in [0.717, 1.165) is 6.92 Å². The lowest BCUT2D eigenvalue weighted by Crippen LogP contribution is -2.44. The fourth-order valence-corrected chi connectivity index (χ4v) is 2.98. The quantitative estimate of drug-likeness (QED) is 0.594. The minimum Gasteiger partial charge on any atom is -0.380 e. The summed E-state index contributed by atoms with van der Waals surface area (Å²) in [5, 5.41) is 13.9. The molecule has 1 saturated carbocycles. The highest BCUT2D eigenvalue weighted by Crippen LogP contribution is 2.42. The molecule has 14 heteroatoms. The van der Waals surface area contributed by atoms with Gasteiger partial charge in [0.05, 0.1) is 0 Å². The van der Waals surface area contributed by atoms with Crippen molar-refractivity contribution in [2.45, 2.75) is 68.8 Å². The van der Waals surface area contributed by atoms with Gasteiger partial charge in [-0.15, -0.1) is 0 Å². The Kier molecular flexibility index (Phi) is 5.58. The van der Waals surface area contributed by atoms with Crippen LogP contribution < -0.4 is 10.6 Å². The molecule has 1 fully saturated rings. The molecule has 0 spiro atoms. The minimum atomic E-state index is -4.69. The molecule has 0 aliphatic heterocycles. The van der Waals surface area contributed by atoms with Gasteiger partial charge in [-0.25, -0.2) is 22.0 Å². The largest absolute Gasteiger partial charge is 0.408 e. The smallest absolute Gasteiger partial charge is 0.380 e. The maximum Gasteiger partial charge on any atom is 0.408 e. The van der Waals surface area contributed by atoms with Gasteiger partial charge in [-0.3, -0.25) is 0 Å². The van der Waals surface area contributed by atoms with Crippen LogP contribution in [-0.4, -0.2) is 56.3 Å². The van der Waals surface area contributed by atoms with Gasteiger partial charge in [0, 0.05) is 30.9 Å². The van der Waals surface area contributed by atoms with Gasteiger partial charge in [-0.2, -0.15) is 28.1 Å². The van der Waals surface area contributed by atoms with Crippen molar-refractivity contribution in [1.29, 1.82) is 0 Å². The predicted molar refractivity (Wildman–Crippen MR) is 88.8 cm³/mol. The highest BCUT2D eigenvalue weighted by Gasteiger charge is 2.47. The number of halogens is 8. The Labute approximate surface area is 164 Å². The molecular weight excluding hydrogens is 430 g/mol. The van der Waals surface area contributed by atoms with Crippen molar-refractivity contribution in [3.8, 4) is 0 Å². The van der Waals surface area contributed by atoms with Crippen LogP contribution in [0.15, 0.2) is 5.83 Å². The number of hydrogen-bond acceptors (Lipinski definition) is 6. The van der Waals surface area contributed by atoms with Gasteiger partial charge in [0.2, 0.25) is 11.9 Å². The molecule has 2 atom stereocenters. The van der Waals surface area contributed by atoms with E-state index in [1.165, 1.54) is 0 Å². The number of allylic oxidation sites excluding steroid dienone is 1. The van der Waals surface area contributed by atoms with Crippen LogP contribution in [0, 0.1) is 0 Å². The molecule has 0 aromatic carbocycles. The van der Waals surface area contributed by atoms with Crippen LogP contribution >= 0.6 is 0 Å². The Morgan fingerprint density at radius 2 is 1.67 bits per heavy atom. The molecule has 30 heavy (non-hydrogen) atoms. The van der Waals surface area contributed by atoms with E-state index >= 15 is 0 Å². The summed E-state index contributed by atoms with van der Waals surface area (Å²) in [6.07, 6.45) is -10.1. The number of rotatable bonds is 5. The number of alkyl halides is 7. The topological polar surface area (TPSA) is 83.0 Å². The van der Waals surface area contributed by atoms with Crippen LogP contribution in [0.2, 0.25) is 0 Å². The third kappa shape index (κ3) is 4.73. The van der Waals surface area contributed by atoms with Crippen molar-refractivity contribution in [3.05, 3.63) is 11.7 Å². The van der Waals surface area contributed by atoms with Gasteiger partial charge in [-0.05, 0) is 13.3 Å². The lowest BCUT2D eigenvalue weighted by atomic mass is 9.88. The molecule has 1 aromatic rings. The summed E-state index contributed by atoms with van der Waals surface area (Å²) in [5.41, 5.74) is -0.527. The first-order chi connectivity index (χ1) is 13.7. The van der Waals surface area contributed by atoms with Gasteiger partial charge in [0.1, 0.15) is 11.9 Å². The minimum absolute atomic E-state index is 0.426. The number of nitrogens with zero attached hydrogens (tertiary/aromatic N) is 3. The maximum atomic E-state index is 14.3. The molecule has 3 rings (SSSR count). The average Bonchev–Trinajstić information content (AvgIpc) is 2.57. The number of aliphatic hydroxyl groups is 1. The lowest BCUT2D eigenvalue weighted by molar-refractivity contribution is -0.138. The van der Waals surface area contributed by atoms with E-state index < -0.39 is 91.0 Å². The fraction of sp³-hybridized carbons (Fsp3) is 0.688. The van der Waals surface area contributed by atoms with E-state index in [4.69, 9.17) is 0 Å². The van der Waals surface area contributed by atoms with E-state index in [0.29, 0.717) is 0 Å². The Bertz CT molecular complexity index is 835. The highest BCUT2D eigenvalue weighted by atomic mass is 19.4. The highest BCUT2D eigenvalue weighted by molar-refractivity contribution is 5.66. The molecule has 3 N–H and O–H groups in total. The summed E-state index contributed by atoms with van der Waals surface area (Å²) in [5.74, 6) is -9.93. The van der Waals surface area contributed by atoms with Gasteiger partial charge >= 0.3 is 6.18 Å². The number of anilines is 2. The summed E-state index contributed by atoms with van der Waals surface area (Å²) in [7, 11) is 0. The van der Waals surface area contributed by atoms with Crippen molar-refractivity contribution in [1.82, 2.24) is 15.0 Å². The van der Waals surface area contributed by atoms with E-state index in [1.807, 2.05) is 5.32 Å². The summed E-state index contributed by atoms with van der Waals surface area (Å²) in [6, 6.07) is -2.92. The first-order valence-corrected chi connectivity index (χ1v) is 8.86. The Morgan fingerprint density at radius 1 is 1.07 bits per heavy atom. The number of aromatic nitrogens is 3. The van der Waals surface area contributed by atoms with Crippen molar-refractivity contribution >= 4 is 17.5 Å². The zero-order chi connectivity index (χ0) is 22.5. The molecule has 168 valence electrons. The molecule has 0 saturated heterocycles. The molecule has 2 aliphatic rings. The van der Waals surface area contributed by atoms with Crippen molar-refractivity contribution in [2.75, 3.05) is 10.6 Å². The van der Waals surface area contributed by atoms with Crippen molar-refractivity contribution in [3.63, 3.8) is 0 Å². The van der Waals surface area contributed by atoms with E-state index in [9.17, 15) is 40.2 Å². The maximum absolute atomic E-state index is 14.3. The SMILES string of the molecule is CC(Nc1nc(NC2CC(F)(F)C2)nc(C2=C(F)[C@H](O)C(F)(F)CC2)n1)C(F)(F)F. The zero-order valence-electron chi connectivity index (χ0n) is 15.4. The molecule has 1 unspecified atom stereocenters. The van der Waals surface area contributed by atoms with Crippen LogP contribution in [0.1, 0.15) is 38.4 Å². The number of nitrogens with one attached hydrogen (secondary N) is 2. The Morgan fingerprint density at radius 3 is 2.23 bits per heavy atom. The summed E-state index contributed by atoms with van der Waals surface area (Å²) >= 11 is 0. The molecule has 0 radical (unpaired) electrons.